The molecule has 1 aliphatic carbocycles. The lowest BCUT2D eigenvalue weighted by atomic mass is 10.0. The third-order valence-electron chi connectivity index (χ3n) is 5.11. The van der Waals surface area contributed by atoms with Gasteiger partial charge in [0.15, 0.2) is 5.78 Å². The Balaban J connectivity index is 1.95. The van der Waals surface area contributed by atoms with Crippen molar-refractivity contribution in [2.45, 2.75) is 38.4 Å². The quantitative estimate of drug-likeness (QED) is 0.618. The van der Waals surface area contributed by atoms with Crippen molar-refractivity contribution < 1.29 is 4.79 Å². The van der Waals surface area contributed by atoms with Crippen LogP contribution in [0.2, 0.25) is 18.6 Å². The van der Waals surface area contributed by atoms with Crippen LogP contribution in [0, 0.1) is 0 Å². The lowest BCUT2D eigenvalue weighted by molar-refractivity contribution is 0.101. The third-order valence-corrected chi connectivity index (χ3v) is 9.38. The molecule has 108 valence electrons. The summed E-state index contributed by atoms with van der Waals surface area (Å²) in [7, 11) is -1.51. The average Bonchev–Trinajstić information content (AvgIpc) is 2.92. The van der Waals surface area contributed by atoms with Crippen LogP contribution in [0.1, 0.15) is 28.4 Å². The molecule has 2 aromatic carbocycles. The Morgan fingerprint density at radius 2 is 1.71 bits per heavy atom. The molecule has 2 aromatic rings. The van der Waals surface area contributed by atoms with Crippen molar-refractivity contribution in [3.8, 4) is 0 Å². The molecule has 0 unspecified atom stereocenters. The fourth-order valence-corrected chi connectivity index (χ4v) is 6.56. The topological polar surface area (TPSA) is 17.1 Å². The molecule has 0 radical (unpaired) electrons. The predicted molar refractivity (Wildman–Crippen MR) is 91.2 cm³/mol. The third kappa shape index (κ3) is 2.49. The molecule has 0 saturated heterocycles. The first-order valence-corrected chi connectivity index (χ1v) is 10.7. The molecule has 1 atom stereocenters. The Bertz CT molecular complexity index is 673. The van der Waals surface area contributed by atoms with Crippen molar-refractivity contribution in [2.24, 2.45) is 0 Å². The van der Waals surface area contributed by atoms with E-state index in [2.05, 4.69) is 49.5 Å². The second kappa shape index (κ2) is 5.27. The van der Waals surface area contributed by atoms with E-state index in [9.17, 15) is 4.79 Å². The highest BCUT2D eigenvalue weighted by Crippen LogP contribution is 2.39. The standard InChI is InChI=1S/C19H22OSi/c1-14(20)18-11-7-8-15-12-17(13-19(15)18)21(2,3)16-9-5-4-6-10-16/h4-11,17H,12-13H2,1-3H3/t17-/m1/s1. The van der Waals surface area contributed by atoms with Crippen molar-refractivity contribution in [3.05, 3.63) is 65.2 Å². The Morgan fingerprint density at radius 3 is 2.38 bits per heavy atom. The molecule has 0 fully saturated rings. The molecule has 3 rings (SSSR count). The zero-order chi connectivity index (χ0) is 15.0. The molecule has 0 bridgehead atoms. The van der Waals surface area contributed by atoms with E-state index >= 15 is 0 Å². The summed E-state index contributed by atoms with van der Waals surface area (Å²) >= 11 is 0. The Hall–Kier alpha value is -1.67. The zero-order valence-electron chi connectivity index (χ0n) is 13.0. The molecule has 1 nitrogen and oxygen atoms in total. The average molecular weight is 294 g/mol. The largest absolute Gasteiger partial charge is 0.295 e. The number of hydrogen-bond donors (Lipinski definition) is 0. The fourth-order valence-electron chi connectivity index (χ4n) is 3.59. The molecule has 0 saturated carbocycles. The number of Topliss-reactive ketones (excluding diaryl/α,β-unsaturated/α-hetero) is 1. The molecule has 21 heavy (non-hydrogen) atoms. The van der Waals surface area contributed by atoms with Gasteiger partial charge in [-0.25, -0.2) is 0 Å². The molecule has 0 N–H and O–H groups in total. The van der Waals surface area contributed by atoms with Crippen LogP contribution in [0.25, 0.3) is 0 Å². The lowest BCUT2D eigenvalue weighted by Crippen LogP contribution is -2.46. The van der Waals surface area contributed by atoms with Gasteiger partial charge >= 0.3 is 0 Å². The molecule has 0 heterocycles. The van der Waals surface area contributed by atoms with Crippen molar-refractivity contribution in [1.29, 1.82) is 0 Å². The molecule has 0 aromatic heterocycles. The SMILES string of the molecule is CC(=O)c1cccc2c1C[C@H]([Si](C)(C)c1ccccc1)C2. The van der Waals surface area contributed by atoms with Crippen LogP contribution in [0.4, 0.5) is 0 Å². The van der Waals surface area contributed by atoms with Crippen LogP contribution in [0.3, 0.4) is 0 Å². The summed E-state index contributed by atoms with van der Waals surface area (Å²) in [5, 5.41) is 1.52. The minimum Gasteiger partial charge on any atom is -0.295 e. The van der Waals surface area contributed by atoms with Gasteiger partial charge in [-0.3, -0.25) is 4.79 Å². The molecule has 2 heteroatoms. The summed E-state index contributed by atoms with van der Waals surface area (Å²) in [5.41, 5.74) is 4.33. The van der Waals surface area contributed by atoms with E-state index in [-0.39, 0.29) is 5.78 Å². The number of carbonyl (C=O) groups excluding carboxylic acids is 1. The molecule has 0 amide bonds. The van der Waals surface area contributed by atoms with Crippen LogP contribution in [0.5, 0.6) is 0 Å². The van der Waals surface area contributed by atoms with Crippen LogP contribution in [-0.4, -0.2) is 13.9 Å². The smallest absolute Gasteiger partial charge is 0.160 e. The van der Waals surface area contributed by atoms with Gasteiger partial charge in [-0.1, -0.05) is 66.8 Å². The molecule has 0 aliphatic heterocycles. The van der Waals surface area contributed by atoms with E-state index in [1.807, 2.05) is 12.1 Å². The highest BCUT2D eigenvalue weighted by atomic mass is 28.3. The van der Waals surface area contributed by atoms with Crippen molar-refractivity contribution in [1.82, 2.24) is 0 Å². The van der Waals surface area contributed by atoms with Gasteiger partial charge < -0.3 is 0 Å². The van der Waals surface area contributed by atoms with E-state index in [1.54, 1.807) is 6.92 Å². The first-order chi connectivity index (χ1) is 10.00. The van der Waals surface area contributed by atoms with Gasteiger partial charge in [0, 0.05) is 5.56 Å². The van der Waals surface area contributed by atoms with Gasteiger partial charge in [0.1, 0.15) is 0 Å². The summed E-state index contributed by atoms with van der Waals surface area (Å²) < 4.78 is 0. The van der Waals surface area contributed by atoms with Crippen molar-refractivity contribution in [2.75, 3.05) is 0 Å². The summed E-state index contributed by atoms with van der Waals surface area (Å²) in [6, 6.07) is 17.2. The van der Waals surface area contributed by atoms with E-state index in [0.717, 1.165) is 18.4 Å². The number of carbonyl (C=O) groups is 1. The fraction of sp³-hybridized carbons (Fsp3) is 0.316. The number of ketones is 1. The van der Waals surface area contributed by atoms with Gasteiger partial charge in [0.25, 0.3) is 0 Å². The summed E-state index contributed by atoms with van der Waals surface area (Å²) in [6.45, 7) is 6.61. The molecule has 0 spiro atoms. The zero-order valence-corrected chi connectivity index (χ0v) is 14.0. The Kier molecular flexibility index (Phi) is 3.58. The highest BCUT2D eigenvalue weighted by Gasteiger charge is 2.38. The summed E-state index contributed by atoms with van der Waals surface area (Å²) in [5.74, 6) is 0.201. The van der Waals surface area contributed by atoms with Crippen molar-refractivity contribution >= 4 is 19.0 Å². The monoisotopic (exact) mass is 294 g/mol. The Morgan fingerprint density at radius 1 is 1.00 bits per heavy atom. The van der Waals surface area contributed by atoms with Gasteiger partial charge in [-0.15, -0.1) is 0 Å². The molecule has 1 aliphatic rings. The van der Waals surface area contributed by atoms with Gasteiger partial charge in [-0.05, 0) is 36.4 Å². The first-order valence-electron chi connectivity index (χ1n) is 7.67. The summed E-state index contributed by atoms with van der Waals surface area (Å²) in [4.78, 5) is 11.8. The second-order valence-corrected chi connectivity index (χ2v) is 11.5. The Labute approximate surface area is 128 Å². The predicted octanol–water partition coefficient (Wildman–Crippen LogP) is 3.97. The van der Waals surface area contributed by atoms with Crippen LogP contribution in [0.15, 0.2) is 48.5 Å². The number of benzene rings is 2. The van der Waals surface area contributed by atoms with Crippen LogP contribution < -0.4 is 5.19 Å². The normalized spacial score (nSPS) is 17.6. The molecular formula is C19H22OSi. The van der Waals surface area contributed by atoms with E-state index < -0.39 is 8.07 Å². The maximum absolute atomic E-state index is 11.8. The van der Waals surface area contributed by atoms with E-state index in [0.29, 0.717) is 5.54 Å². The lowest BCUT2D eigenvalue weighted by Gasteiger charge is -2.30. The number of hydrogen-bond acceptors (Lipinski definition) is 1. The minimum atomic E-state index is -1.51. The summed E-state index contributed by atoms with van der Waals surface area (Å²) in [6.07, 6.45) is 2.20. The molecular weight excluding hydrogens is 272 g/mol. The maximum Gasteiger partial charge on any atom is 0.160 e. The van der Waals surface area contributed by atoms with Gasteiger partial charge in [-0.2, -0.15) is 0 Å². The van der Waals surface area contributed by atoms with Crippen molar-refractivity contribution in [3.63, 3.8) is 0 Å². The van der Waals surface area contributed by atoms with Crippen LogP contribution in [-0.2, 0) is 12.8 Å². The highest BCUT2D eigenvalue weighted by molar-refractivity contribution is 6.91. The van der Waals surface area contributed by atoms with E-state index in [4.69, 9.17) is 0 Å². The minimum absolute atomic E-state index is 0.201. The number of rotatable bonds is 3. The van der Waals surface area contributed by atoms with Gasteiger partial charge in [0.2, 0.25) is 0 Å². The van der Waals surface area contributed by atoms with Gasteiger partial charge in [0.05, 0.1) is 8.07 Å². The van der Waals surface area contributed by atoms with Crippen LogP contribution >= 0.6 is 0 Å². The maximum atomic E-state index is 11.8. The second-order valence-electron chi connectivity index (χ2n) is 6.69. The number of fused-ring (bicyclic) bond motifs is 1. The first kappa shape index (κ1) is 14.3. The van der Waals surface area contributed by atoms with E-state index in [1.165, 1.54) is 16.3 Å².